The molecule has 8 nitrogen and oxygen atoms in total. The van der Waals surface area contributed by atoms with Crippen LogP contribution in [0.15, 0.2) is 42.5 Å². The largest absolute Gasteiger partial charge is 0.376 e. The third-order valence-corrected chi connectivity index (χ3v) is 4.57. The van der Waals surface area contributed by atoms with Crippen molar-refractivity contribution >= 4 is 34.8 Å². The number of para-hydroxylation sites is 1. The lowest BCUT2D eigenvalue weighted by molar-refractivity contribution is -0.385. The van der Waals surface area contributed by atoms with Crippen LogP contribution in [0.1, 0.15) is 33.6 Å². The molecule has 0 spiro atoms. The summed E-state index contributed by atoms with van der Waals surface area (Å²) in [6.07, 6.45) is 1.84. The number of nitrogens with zero attached hydrogens (tertiary/aromatic N) is 1. The van der Waals surface area contributed by atoms with Crippen molar-refractivity contribution in [2.45, 2.75) is 18.9 Å². The monoisotopic (exact) mass is 403 g/mol. The molecule has 0 radical (unpaired) electrons. The summed E-state index contributed by atoms with van der Waals surface area (Å²) in [5.74, 6) is -1.07. The molecule has 1 heterocycles. The van der Waals surface area contributed by atoms with Crippen molar-refractivity contribution in [3.05, 3.63) is 68.7 Å². The van der Waals surface area contributed by atoms with E-state index < -0.39 is 16.5 Å². The molecule has 28 heavy (non-hydrogen) atoms. The van der Waals surface area contributed by atoms with E-state index >= 15 is 0 Å². The molecule has 2 aromatic carbocycles. The highest BCUT2D eigenvalue weighted by Crippen LogP contribution is 2.25. The summed E-state index contributed by atoms with van der Waals surface area (Å²) in [5.41, 5.74) is -0.0543. The highest BCUT2D eigenvalue weighted by molar-refractivity contribution is 6.31. The molecule has 2 amide bonds. The molecule has 1 aliphatic heterocycles. The first-order valence-corrected chi connectivity index (χ1v) is 9.07. The predicted octanol–water partition coefficient (Wildman–Crippen LogP) is 3.41. The Kier molecular flexibility index (Phi) is 6.23. The Hall–Kier alpha value is -2.97. The van der Waals surface area contributed by atoms with Crippen molar-refractivity contribution in [1.82, 2.24) is 5.32 Å². The average molecular weight is 404 g/mol. The van der Waals surface area contributed by atoms with Gasteiger partial charge in [0, 0.05) is 24.2 Å². The summed E-state index contributed by atoms with van der Waals surface area (Å²) in [5, 5.41) is 16.7. The Bertz CT molecular complexity index is 912. The van der Waals surface area contributed by atoms with Crippen LogP contribution >= 0.6 is 11.6 Å². The predicted molar refractivity (Wildman–Crippen MR) is 104 cm³/mol. The number of nitrogens with one attached hydrogen (secondary N) is 2. The van der Waals surface area contributed by atoms with E-state index in [-0.39, 0.29) is 33.8 Å². The van der Waals surface area contributed by atoms with Gasteiger partial charge in [0.1, 0.15) is 5.56 Å². The number of halogens is 1. The van der Waals surface area contributed by atoms with Crippen LogP contribution in [0.4, 0.5) is 11.4 Å². The summed E-state index contributed by atoms with van der Waals surface area (Å²) in [6.45, 7) is 1.07. The second-order valence-electron chi connectivity index (χ2n) is 6.26. The molecule has 1 saturated heterocycles. The highest BCUT2D eigenvalue weighted by Gasteiger charge is 2.23. The van der Waals surface area contributed by atoms with Crippen LogP contribution in [-0.2, 0) is 4.74 Å². The van der Waals surface area contributed by atoms with Gasteiger partial charge in [-0.3, -0.25) is 19.7 Å². The lowest BCUT2D eigenvalue weighted by Gasteiger charge is -2.14. The summed E-state index contributed by atoms with van der Waals surface area (Å²) in [4.78, 5) is 35.6. The zero-order chi connectivity index (χ0) is 20.1. The maximum atomic E-state index is 12.6. The molecule has 2 N–H and O–H groups in total. The zero-order valence-corrected chi connectivity index (χ0v) is 15.6. The fourth-order valence-electron chi connectivity index (χ4n) is 2.93. The third kappa shape index (κ3) is 4.65. The molecule has 3 rings (SSSR count). The van der Waals surface area contributed by atoms with E-state index in [0.29, 0.717) is 13.2 Å². The smallest absolute Gasteiger partial charge is 0.283 e. The minimum Gasteiger partial charge on any atom is -0.376 e. The number of anilines is 1. The first-order valence-electron chi connectivity index (χ1n) is 8.70. The molecule has 1 fully saturated rings. The lowest BCUT2D eigenvalue weighted by Crippen LogP contribution is -2.32. The van der Waals surface area contributed by atoms with Gasteiger partial charge in [0.15, 0.2) is 0 Å². The zero-order valence-electron chi connectivity index (χ0n) is 14.8. The summed E-state index contributed by atoms with van der Waals surface area (Å²) < 4.78 is 5.48. The Balaban J connectivity index is 1.77. The summed E-state index contributed by atoms with van der Waals surface area (Å²) in [6, 6.07) is 10.2. The number of rotatable bonds is 6. The van der Waals surface area contributed by atoms with E-state index in [9.17, 15) is 19.7 Å². The van der Waals surface area contributed by atoms with Gasteiger partial charge in [0.2, 0.25) is 0 Å². The van der Waals surface area contributed by atoms with Crippen molar-refractivity contribution < 1.29 is 19.2 Å². The number of amides is 2. The van der Waals surface area contributed by atoms with Crippen LogP contribution in [0.5, 0.6) is 0 Å². The van der Waals surface area contributed by atoms with Crippen LogP contribution < -0.4 is 10.6 Å². The van der Waals surface area contributed by atoms with Crippen molar-refractivity contribution in [3.63, 3.8) is 0 Å². The minimum atomic E-state index is -0.706. The van der Waals surface area contributed by atoms with E-state index in [4.69, 9.17) is 16.3 Å². The second kappa shape index (κ2) is 8.81. The highest BCUT2D eigenvalue weighted by atomic mass is 35.5. The topological polar surface area (TPSA) is 111 Å². The molecule has 0 aliphatic carbocycles. The molecule has 0 saturated carbocycles. The molecule has 0 aromatic heterocycles. The van der Waals surface area contributed by atoms with E-state index in [2.05, 4.69) is 10.6 Å². The first kappa shape index (κ1) is 19.8. The number of carbonyl (C=O) groups is 2. The third-order valence-electron chi connectivity index (χ3n) is 4.34. The lowest BCUT2D eigenvalue weighted by atomic mass is 10.1. The average Bonchev–Trinajstić information content (AvgIpc) is 3.20. The van der Waals surface area contributed by atoms with E-state index in [1.165, 1.54) is 12.1 Å². The van der Waals surface area contributed by atoms with E-state index in [1.807, 2.05) is 0 Å². The van der Waals surface area contributed by atoms with Gasteiger partial charge < -0.3 is 15.4 Å². The van der Waals surface area contributed by atoms with Gasteiger partial charge in [-0.2, -0.15) is 0 Å². The van der Waals surface area contributed by atoms with Gasteiger partial charge >= 0.3 is 0 Å². The number of nitro groups is 1. The molecule has 1 atom stereocenters. The van der Waals surface area contributed by atoms with Gasteiger partial charge in [-0.1, -0.05) is 23.7 Å². The second-order valence-corrected chi connectivity index (χ2v) is 6.70. The van der Waals surface area contributed by atoms with Gasteiger partial charge in [-0.25, -0.2) is 0 Å². The molecule has 1 unspecified atom stereocenters. The number of nitro benzene ring substituents is 1. The first-order chi connectivity index (χ1) is 13.5. The summed E-state index contributed by atoms with van der Waals surface area (Å²) >= 11 is 5.78. The maximum Gasteiger partial charge on any atom is 0.283 e. The Morgan fingerprint density at radius 3 is 2.68 bits per heavy atom. The van der Waals surface area contributed by atoms with Crippen LogP contribution in [0.25, 0.3) is 0 Å². The molecular weight excluding hydrogens is 386 g/mol. The van der Waals surface area contributed by atoms with Crippen LogP contribution in [0.2, 0.25) is 5.02 Å². The molecule has 146 valence electrons. The Morgan fingerprint density at radius 1 is 1.18 bits per heavy atom. The fraction of sp³-hybridized carbons (Fsp3) is 0.263. The van der Waals surface area contributed by atoms with Crippen LogP contribution in [-0.4, -0.2) is 36.0 Å². The molecule has 9 heteroatoms. The number of hydrogen-bond donors (Lipinski definition) is 2. The van der Waals surface area contributed by atoms with E-state index in [1.54, 1.807) is 24.3 Å². The SMILES string of the molecule is O=C(NCC1CCCO1)c1ccccc1NC(=O)c1ccc(Cl)cc1[N+](=O)[O-]. The van der Waals surface area contributed by atoms with E-state index in [0.717, 1.165) is 18.9 Å². The quantitative estimate of drug-likeness (QED) is 0.567. The van der Waals surface area contributed by atoms with Gasteiger partial charge in [0.05, 0.1) is 22.3 Å². The van der Waals surface area contributed by atoms with Crippen molar-refractivity contribution in [1.29, 1.82) is 0 Å². The molecule has 2 aromatic rings. The molecular formula is C19H18ClN3O5. The van der Waals surface area contributed by atoms with Crippen molar-refractivity contribution in [2.75, 3.05) is 18.5 Å². The number of hydrogen-bond acceptors (Lipinski definition) is 5. The Labute approximate surface area is 166 Å². The van der Waals surface area contributed by atoms with Crippen molar-refractivity contribution in [2.24, 2.45) is 0 Å². The van der Waals surface area contributed by atoms with Crippen molar-refractivity contribution in [3.8, 4) is 0 Å². The minimum absolute atomic E-state index is 0.0116. The van der Waals surface area contributed by atoms with Crippen LogP contribution in [0.3, 0.4) is 0 Å². The molecule has 0 bridgehead atoms. The van der Waals surface area contributed by atoms with Gasteiger partial charge in [-0.05, 0) is 37.1 Å². The summed E-state index contributed by atoms with van der Waals surface area (Å²) in [7, 11) is 0. The number of carbonyl (C=O) groups excluding carboxylic acids is 2. The van der Waals surface area contributed by atoms with Crippen LogP contribution in [0, 0.1) is 10.1 Å². The fourth-order valence-corrected chi connectivity index (χ4v) is 3.10. The van der Waals surface area contributed by atoms with Gasteiger partial charge in [-0.15, -0.1) is 0 Å². The standard InChI is InChI=1S/C19H18ClN3O5/c20-12-7-8-15(17(10-12)23(26)27)19(25)22-16-6-2-1-5-14(16)18(24)21-11-13-4-3-9-28-13/h1-2,5-8,10,13H,3-4,9,11H2,(H,21,24)(H,22,25). The number of benzene rings is 2. The number of ether oxygens (including phenoxy) is 1. The molecule has 1 aliphatic rings. The Morgan fingerprint density at radius 2 is 1.96 bits per heavy atom. The normalized spacial score (nSPS) is 15.8. The van der Waals surface area contributed by atoms with Gasteiger partial charge in [0.25, 0.3) is 17.5 Å². The maximum absolute atomic E-state index is 12.6.